The first-order chi connectivity index (χ1) is 10.3. The lowest BCUT2D eigenvalue weighted by molar-refractivity contribution is -0.279. The number of rotatable bonds is 6. The van der Waals surface area contributed by atoms with Gasteiger partial charge in [0.05, 0.1) is 12.2 Å². The van der Waals surface area contributed by atoms with E-state index in [0.29, 0.717) is 19.8 Å². The Morgan fingerprint density at radius 2 is 1.83 bits per heavy atom. The Bertz CT molecular complexity index is 455. The maximum absolute atomic E-state index is 12.7. The fraction of sp³-hybridized carbons (Fsp3) is 0.812. The van der Waals surface area contributed by atoms with E-state index in [2.05, 4.69) is 6.58 Å². The van der Waals surface area contributed by atoms with Crippen molar-refractivity contribution < 1.29 is 32.5 Å². The van der Waals surface area contributed by atoms with Crippen LogP contribution in [0.5, 0.6) is 0 Å². The highest BCUT2D eigenvalue weighted by Gasteiger charge is 2.52. The smallest absolute Gasteiger partial charge is 0.419 e. The number of esters is 1. The fourth-order valence-electron chi connectivity index (χ4n) is 2.62. The molecular weight excluding hydrogens is 313 g/mol. The minimum Gasteiger partial charge on any atom is -0.459 e. The normalized spacial score (nSPS) is 25.0. The third-order valence-corrected chi connectivity index (χ3v) is 4.29. The number of hydrogen-bond donors (Lipinski definition) is 1. The van der Waals surface area contributed by atoms with Crippen molar-refractivity contribution in [1.29, 1.82) is 0 Å². The molecule has 0 aromatic rings. The van der Waals surface area contributed by atoms with Gasteiger partial charge in [-0.15, -0.1) is 0 Å². The minimum atomic E-state index is -4.77. The number of alkyl halides is 3. The molecule has 7 heteroatoms. The standard InChI is InChI=1S/C16H25F3O4/c1-10(2)13(20)23-12-8-6-7-11(12)14(3,4)22-9-15(5,21)16(17,18)19/h11-12,21H,1,6-9H2,2-5H3. The minimum absolute atomic E-state index is 0.241. The van der Waals surface area contributed by atoms with Gasteiger partial charge in [-0.3, -0.25) is 0 Å². The van der Waals surface area contributed by atoms with Crippen molar-refractivity contribution in [2.45, 2.75) is 70.4 Å². The molecule has 4 nitrogen and oxygen atoms in total. The maximum atomic E-state index is 12.7. The molecule has 1 saturated carbocycles. The quantitative estimate of drug-likeness (QED) is 0.596. The second-order valence-corrected chi connectivity index (χ2v) is 6.93. The average molecular weight is 338 g/mol. The monoisotopic (exact) mass is 338 g/mol. The second kappa shape index (κ2) is 6.81. The molecular formula is C16H25F3O4. The molecule has 0 spiro atoms. The van der Waals surface area contributed by atoms with E-state index in [0.717, 1.165) is 6.42 Å². The van der Waals surface area contributed by atoms with Gasteiger partial charge in [-0.25, -0.2) is 4.79 Å². The summed E-state index contributed by atoms with van der Waals surface area (Å²) in [5, 5.41) is 9.49. The van der Waals surface area contributed by atoms with Gasteiger partial charge < -0.3 is 14.6 Å². The van der Waals surface area contributed by atoms with E-state index in [1.54, 1.807) is 13.8 Å². The summed E-state index contributed by atoms with van der Waals surface area (Å²) in [5.74, 6) is -0.755. The Morgan fingerprint density at radius 1 is 1.26 bits per heavy atom. The zero-order chi connectivity index (χ0) is 18.1. The van der Waals surface area contributed by atoms with Crippen molar-refractivity contribution in [3.8, 4) is 0 Å². The molecule has 0 saturated heterocycles. The predicted octanol–water partition coefficient (Wildman–Crippen LogP) is 3.38. The van der Waals surface area contributed by atoms with Crippen LogP contribution in [0.3, 0.4) is 0 Å². The number of carbonyl (C=O) groups is 1. The molecule has 0 amide bonds. The largest absolute Gasteiger partial charge is 0.459 e. The average Bonchev–Trinajstić information content (AvgIpc) is 2.84. The van der Waals surface area contributed by atoms with Crippen molar-refractivity contribution in [3.63, 3.8) is 0 Å². The Kier molecular flexibility index (Phi) is 5.91. The van der Waals surface area contributed by atoms with E-state index in [-0.39, 0.29) is 11.5 Å². The molecule has 0 heterocycles. The van der Waals surface area contributed by atoms with Crippen LogP contribution < -0.4 is 0 Å². The van der Waals surface area contributed by atoms with E-state index >= 15 is 0 Å². The number of ether oxygens (including phenoxy) is 2. The topological polar surface area (TPSA) is 55.8 Å². The third-order valence-electron chi connectivity index (χ3n) is 4.29. The lowest BCUT2D eigenvalue weighted by Gasteiger charge is -2.38. The predicted molar refractivity (Wildman–Crippen MR) is 78.7 cm³/mol. The van der Waals surface area contributed by atoms with Crippen molar-refractivity contribution in [2.75, 3.05) is 6.61 Å². The van der Waals surface area contributed by atoms with Crippen LogP contribution in [0, 0.1) is 5.92 Å². The molecule has 0 aliphatic heterocycles. The van der Waals surface area contributed by atoms with Crippen molar-refractivity contribution in [1.82, 2.24) is 0 Å². The van der Waals surface area contributed by atoms with Gasteiger partial charge in [-0.05, 0) is 47.0 Å². The lowest BCUT2D eigenvalue weighted by Crippen LogP contribution is -2.50. The molecule has 1 aliphatic rings. The number of halogens is 3. The first-order valence-electron chi connectivity index (χ1n) is 7.57. The summed E-state index contributed by atoms with van der Waals surface area (Å²) in [4.78, 5) is 11.7. The Hall–Kier alpha value is -1.08. The van der Waals surface area contributed by atoms with Crippen LogP contribution in [0.2, 0.25) is 0 Å². The van der Waals surface area contributed by atoms with E-state index < -0.39 is 36.1 Å². The summed E-state index contributed by atoms with van der Waals surface area (Å²) in [6, 6.07) is 0. The molecule has 3 unspecified atom stereocenters. The summed E-state index contributed by atoms with van der Waals surface area (Å²) < 4.78 is 48.9. The summed E-state index contributed by atoms with van der Waals surface area (Å²) >= 11 is 0. The van der Waals surface area contributed by atoms with Crippen LogP contribution in [0.1, 0.15) is 47.0 Å². The highest BCUT2D eigenvalue weighted by Crippen LogP contribution is 2.40. The maximum Gasteiger partial charge on any atom is 0.419 e. The molecule has 0 aromatic carbocycles. The molecule has 1 rings (SSSR count). The molecule has 1 aliphatic carbocycles. The fourth-order valence-corrected chi connectivity index (χ4v) is 2.62. The molecule has 0 bridgehead atoms. The van der Waals surface area contributed by atoms with Crippen LogP contribution in [0.15, 0.2) is 12.2 Å². The Balaban J connectivity index is 2.74. The molecule has 3 atom stereocenters. The molecule has 23 heavy (non-hydrogen) atoms. The van der Waals surface area contributed by atoms with Gasteiger partial charge in [0.15, 0.2) is 5.60 Å². The van der Waals surface area contributed by atoms with Gasteiger partial charge in [0.2, 0.25) is 0 Å². The molecule has 0 aromatic heterocycles. The molecule has 1 N–H and O–H groups in total. The van der Waals surface area contributed by atoms with Gasteiger partial charge in [-0.2, -0.15) is 13.2 Å². The Labute approximate surface area is 134 Å². The Morgan fingerprint density at radius 3 is 2.30 bits per heavy atom. The SMILES string of the molecule is C=C(C)C(=O)OC1CCCC1C(C)(C)OCC(C)(O)C(F)(F)F. The summed E-state index contributed by atoms with van der Waals surface area (Å²) in [6.45, 7) is 8.16. The molecule has 0 radical (unpaired) electrons. The van der Waals surface area contributed by atoms with E-state index in [1.165, 1.54) is 6.92 Å². The van der Waals surface area contributed by atoms with Crippen LogP contribution in [0.4, 0.5) is 13.2 Å². The first kappa shape index (κ1) is 20.0. The van der Waals surface area contributed by atoms with Gasteiger partial charge in [0.1, 0.15) is 6.10 Å². The number of hydrogen-bond acceptors (Lipinski definition) is 4. The molecule has 1 fully saturated rings. The van der Waals surface area contributed by atoms with Crippen LogP contribution in [-0.4, -0.2) is 41.2 Å². The lowest BCUT2D eigenvalue weighted by atomic mass is 9.87. The highest BCUT2D eigenvalue weighted by atomic mass is 19.4. The zero-order valence-corrected chi connectivity index (χ0v) is 14.0. The third kappa shape index (κ3) is 4.94. The van der Waals surface area contributed by atoms with Gasteiger partial charge >= 0.3 is 12.1 Å². The summed E-state index contributed by atoms with van der Waals surface area (Å²) in [5.41, 5.74) is -3.62. The summed E-state index contributed by atoms with van der Waals surface area (Å²) in [6.07, 6.45) is -3.10. The zero-order valence-electron chi connectivity index (χ0n) is 14.0. The van der Waals surface area contributed by atoms with Gasteiger partial charge in [-0.1, -0.05) is 6.58 Å². The first-order valence-corrected chi connectivity index (χ1v) is 7.57. The van der Waals surface area contributed by atoms with E-state index in [4.69, 9.17) is 9.47 Å². The van der Waals surface area contributed by atoms with E-state index in [9.17, 15) is 23.1 Å². The molecule has 134 valence electrons. The number of carbonyl (C=O) groups excluding carboxylic acids is 1. The second-order valence-electron chi connectivity index (χ2n) is 6.93. The van der Waals surface area contributed by atoms with Crippen molar-refractivity contribution in [3.05, 3.63) is 12.2 Å². The number of aliphatic hydroxyl groups is 1. The highest BCUT2D eigenvalue weighted by molar-refractivity contribution is 5.87. The van der Waals surface area contributed by atoms with Crippen molar-refractivity contribution in [2.24, 2.45) is 5.92 Å². The van der Waals surface area contributed by atoms with E-state index in [1.807, 2.05) is 0 Å². The van der Waals surface area contributed by atoms with Crippen LogP contribution in [-0.2, 0) is 14.3 Å². The van der Waals surface area contributed by atoms with Crippen molar-refractivity contribution >= 4 is 5.97 Å². The van der Waals surface area contributed by atoms with Crippen LogP contribution >= 0.6 is 0 Å². The van der Waals surface area contributed by atoms with Gasteiger partial charge in [0, 0.05) is 11.5 Å². The van der Waals surface area contributed by atoms with Gasteiger partial charge in [0.25, 0.3) is 0 Å². The van der Waals surface area contributed by atoms with Crippen LogP contribution in [0.25, 0.3) is 0 Å². The summed E-state index contributed by atoms with van der Waals surface area (Å²) in [7, 11) is 0.